The molecule has 0 saturated carbocycles. The van der Waals surface area contributed by atoms with Gasteiger partial charge in [-0.1, -0.05) is 6.07 Å². The number of nitrogens with two attached hydrogens (primary N) is 1. The second kappa shape index (κ2) is 6.10. The number of hydrogen-bond donors (Lipinski definition) is 2. The average molecular weight is 237 g/mol. The van der Waals surface area contributed by atoms with Crippen molar-refractivity contribution in [2.45, 2.75) is 6.54 Å². The van der Waals surface area contributed by atoms with Crippen LogP contribution in [0.2, 0.25) is 0 Å². The average Bonchev–Trinajstić information content (AvgIpc) is 2.31. The van der Waals surface area contributed by atoms with Gasteiger partial charge in [-0.05, 0) is 13.1 Å². The van der Waals surface area contributed by atoms with Crippen LogP contribution in [0, 0.1) is 0 Å². The molecule has 5 nitrogen and oxygen atoms in total. The molecule has 3 N–H and O–H groups in total. The van der Waals surface area contributed by atoms with E-state index in [1.54, 1.807) is 20.2 Å². The molecule has 17 heavy (non-hydrogen) atoms. The molecule has 0 unspecified atom stereocenters. The summed E-state index contributed by atoms with van der Waals surface area (Å²) in [6.45, 7) is 0.987. The van der Waals surface area contributed by atoms with Crippen LogP contribution in [0.15, 0.2) is 18.2 Å². The molecule has 94 valence electrons. The predicted octanol–water partition coefficient (Wildman–Crippen LogP) is 0.455. The summed E-state index contributed by atoms with van der Waals surface area (Å²) < 4.78 is 5.25. The first-order chi connectivity index (χ1) is 8.06. The molecule has 0 bridgehead atoms. The zero-order valence-corrected chi connectivity index (χ0v) is 10.5. The van der Waals surface area contributed by atoms with Gasteiger partial charge >= 0.3 is 0 Å². The molecule has 0 heterocycles. The molecule has 0 saturated heterocycles. The molecule has 1 rings (SSSR count). The van der Waals surface area contributed by atoms with Gasteiger partial charge in [0.15, 0.2) is 0 Å². The van der Waals surface area contributed by atoms with Gasteiger partial charge < -0.3 is 15.8 Å². The third kappa shape index (κ3) is 3.96. The highest BCUT2D eigenvalue weighted by molar-refractivity contribution is 5.77. The quantitative estimate of drug-likeness (QED) is 0.730. The molecule has 0 spiro atoms. The van der Waals surface area contributed by atoms with E-state index in [0.717, 1.165) is 11.3 Å². The van der Waals surface area contributed by atoms with Crippen molar-refractivity contribution in [3.8, 4) is 5.75 Å². The van der Waals surface area contributed by atoms with Crippen LogP contribution in [0.3, 0.4) is 0 Å². The molecule has 1 aromatic carbocycles. The first kappa shape index (κ1) is 13.3. The van der Waals surface area contributed by atoms with Gasteiger partial charge in [-0.15, -0.1) is 0 Å². The fourth-order valence-corrected chi connectivity index (χ4v) is 1.56. The summed E-state index contributed by atoms with van der Waals surface area (Å²) in [6.07, 6.45) is 0. The number of benzene rings is 1. The molecular weight excluding hydrogens is 218 g/mol. The van der Waals surface area contributed by atoms with E-state index in [2.05, 4.69) is 5.32 Å². The summed E-state index contributed by atoms with van der Waals surface area (Å²) in [5.74, 6) is 0.732. The Morgan fingerprint density at radius 2 is 2.24 bits per heavy atom. The SMILES string of the molecule is CNC(=O)CN(C)Cc1ccc(N)cc1OC. The molecule has 1 amide bonds. The van der Waals surface area contributed by atoms with Gasteiger partial charge in [-0.25, -0.2) is 0 Å². The fraction of sp³-hybridized carbons (Fsp3) is 0.417. The summed E-state index contributed by atoms with van der Waals surface area (Å²) in [6, 6.07) is 5.52. The van der Waals surface area contributed by atoms with E-state index in [1.807, 2.05) is 24.1 Å². The molecule has 0 atom stereocenters. The van der Waals surface area contributed by atoms with Gasteiger partial charge in [0.2, 0.25) is 5.91 Å². The zero-order chi connectivity index (χ0) is 12.8. The summed E-state index contributed by atoms with van der Waals surface area (Å²) in [4.78, 5) is 13.1. The lowest BCUT2D eigenvalue weighted by atomic mass is 10.1. The first-order valence-corrected chi connectivity index (χ1v) is 5.38. The van der Waals surface area contributed by atoms with E-state index in [1.165, 1.54) is 0 Å². The molecule has 0 fully saturated rings. The van der Waals surface area contributed by atoms with Crippen molar-refractivity contribution in [3.63, 3.8) is 0 Å². The Hall–Kier alpha value is -1.75. The normalized spacial score (nSPS) is 10.4. The molecule has 0 aliphatic heterocycles. The fourth-order valence-electron chi connectivity index (χ4n) is 1.56. The summed E-state index contributed by atoms with van der Waals surface area (Å²) in [7, 11) is 5.11. The van der Waals surface area contributed by atoms with E-state index in [0.29, 0.717) is 18.8 Å². The van der Waals surface area contributed by atoms with Crippen LogP contribution in [0.5, 0.6) is 5.75 Å². The number of methoxy groups -OCH3 is 1. The molecule has 1 aromatic rings. The van der Waals surface area contributed by atoms with Gasteiger partial charge in [0.1, 0.15) is 5.75 Å². The number of nitrogens with one attached hydrogen (secondary N) is 1. The highest BCUT2D eigenvalue weighted by Gasteiger charge is 2.09. The minimum atomic E-state index is -0.0121. The zero-order valence-electron chi connectivity index (χ0n) is 10.5. The number of ether oxygens (including phenoxy) is 1. The molecule has 0 aliphatic rings. The Morgan fingerprint density at radius 1 is 1.53 bits per heavy atom. The van der Waals surface area contributed by atoms with Crippen molar-refractivity contribution >= 4 is 11.6 Å². The van der Waals surface area contributed by atoms with Crippen LogP contribution in [0.4, 0.5) is 5.69 Å². The molecule has 0 aliphatic carbocycles. The maximum atomic E-state index is 11.2. The number of anilines is 1. The number of carbonyl (C=O) groups excluding carboxylic acids is 1. The lowest BCUT2D eigenvalue weighted by molar-refractivity contribution is -0.121. The molecular formula is C12H19N3O2. The second-order valence-corrected chi connectivity index (χ2v) is 3.92. The van der Waals surface area contributed by atoms with Gasteiger partial charge in [-0.3, -0.25) is 9.69 Å². The number of nitrogens with zero attached hydrogens (tertiary/aromatic N) is 1. The maximum absolute atomic E-state index is 11.2. The van der Waals surface area contributed by atoms with Crippen LogP contribution in [0.1, 0.15) is 5.56 Å². The summed E-state index contributed by atoms with van der Waals surface area (Å²) in [5.41, 5.74) is 7.35. The Balaban J connectivity index is 2.70. The number of carbonyl (C=O) groups is 1. The highest BCUT2D eigenvalue weighted by atomic mass is 16.5. The monoisotopic (exact) mass is 237 g/mol. The number of rotatable bonds is 5. The maximum Gasteiger partial charge on any atom is 0.233 e. The van der Waals surface area contributed by atoms with Crippen LogP contribution in [-0.4, -0.2) is 38.6 Å². The van der Waals surface area contributed by atoms with Gasteiger partial charge in [-0.2, -0.15) is 0 Å². The summed E-state index contributed by atoms with van der Waals surface area (Å²) >= 11 is 0. The third-order valence-electron chi connectivity index (χ3n) is 2.44. The van der Waals surface area contributed by atoms with E-state index < -0.39 is 0 Å². The lowest BCUT2D eigenvalue weighted by Crippen LogP contribution is -2.32. The Labute approximate surface area is 102 Å². The first-order valence-electron chi connectivity index (χ1n) is 5.38. The van der Waals surface area contributed by atoms with Crippen LogP contribution in [-0.2, 0) is 11.3 Å². The highest BCUT2D eigenvalue weighted by Crippen LogP contribution is 2.22. The summed E-state index contributed by atoms with van der Waals surface area (Å²) in [5, 5.41) is 2.59. The lowest BCUT2D eigenvalue weighted by Gasteiger charge is -2.17. The molecule has 0 radical (unpaired) electrons. The van der Waals surface area contributed by atoms with E-state index in [4.69, 9.17) is 10.5 Å². The Kier molecular flexibility index (Phi) is 4.78. The largest absolute Gasteiger partial charge is 0.496 e. The van der Waals surface area contributed by atoms with Crippen LogP contribution >= 0.6 is 0 Å². The Bertz CT molecular complexity index is 393. The molecule has 0 aromatic heterocycles. The van der Waals surface area contributed by atoms with E-state index in [9.17, 15) is 4.79 Å². The minimum absolute atomic E-state index is 0.0121. The number of likely N-dealkylation sites (N-methyl/N-ethyl adjacent to an activating group) is 2. The van der Waals surface area contributed by atoms with Gasteiger partial charge in [0, 0.05) is 30.9 Å². The van der Waals surface area contributed by atoms with Crippen molar-refractivity contribution in [2.24, 2.45) is 0 Å². The smallest absolute Gasteiger partial charge is 0.233 e. The topological polar surface area (TPSA) is 67.6 Å². The van der Waals surface area contributed by atoms with Crippen molar-refractivity contribution in [2.75, 3.05) is 33.5 Å². The van der Waals surface area contributed by atoms with Gasteiger partial charge in [0.05, 0.1) is 13.7 Å². The number of nitrogen functional groups attached to an aromatic ring is 1. The van der Waals surface area contributed by atoms with Gasteiger partial charge in [0.25, 0.3) is 0 Å². The Morgan fingerprint density at radius 3 is 2.82 bits per heavy atom. The van der Waals surface area contributed by atoms with Crippen molar-refractivity contribution in [1.82, 2.24) is 10.2 Å². The van der Waals surface area contributed by atoms with Crippen molar-refractivity contribution in [1.29, 1.82) is 0 Å². The standard InChI is InChI=1S/C12H19N3O2/c1-14-12(16)8-15(2)7-9-4-5-10(13)6-11(9)17-3/h4-6H,7-8,13H2,1-3H3,(H,14,16). The number of hydrogen-bond acceptors (Lipinski definition) is 4. The minimum Gasteiger partial charge on any atom is -0.496 e. The van der Waals surface area contributed by atoms with Crippen LogP contribution < -0.4 is 15.8 Å². The van der Waals surface area contributed by atoms with Crippen molar-refractivity contribution < 1.29 is 9.53 Å². The predicted molar refractivity (Wildman–Crippen MR) is 67.8 cm³/mol. The molecule has 5 heteroatoms. The second-order valence-electron chi connectivity index (χ2n) is 3.92. The number of amides is 1. The van der Waals surface area contributed by atoms with Crippen LogP contribution in [0.25, 0.3) is 0 Å². The van der Waals surface area contributed by atoms with E-state index >= 15 is 0 Å². The third-order valence-corrected chi connectivity index (χ3v) is 2.44. The van der Waals surface area contributed by atoms with Crippen molar-refractivity contribution in [3.05, 3.63) is 23.8 Å². The van der Waals surface area contributed by atoms with E-state index in [-0.39, 0.29) is 5.91 Å².